The molecule has 5 heteroatoms. The highest BCUT2D eigenvalue weighted by Gasteiger charge is 2.33. The van der Waals surface area contributed by atoms with Crippen LogP contribution in [0, 0.1) is 5.92 Å². The van der Waals surface area contributed by atoms with Gasteiger partial charge in [0, 0.05) is 6.04 Å². The molecule has 0 radical (unpaired) electrons. The summed E-state index contributed by atoms with van der Waals surface area (Å²) < 4.78 is 5.50. The van der Waals surface area contributed by atoms with Gasteiger partial charge in [-0.15, -0.1) is 0 Å². The Morgan fingerprint density at radius 2 is 2.19 bits per heavy atom. The Kier molecular flexibility index (Phi) is 2.85. The van der Waals surface area contributed by atoms with Crippen molar-refractivity contribution in [3.8, 4) is 5.88 Å². The molecule has 0 amide bonds. The molecule has 88 valence electrons. The topological polar surface area (TPSA) is 73.1 Å². The Bertz CT molecular complexity index is 380. The molecule has 1 heterocycles. The highest BCUT2D eigenvalue weighted by molar-refractivity contribution is 5.67. The molecular weight excluding hydrogens is 204 g/mol. The lowest BCUT2D eigenvalue weighted by Crippen LogP contribution is -2.13. The predicted octanol–water partition coefficient (Wildman–Crippen LogP) is 1.67. The minimum Gasteiger partial charge on any atom is -0.473 e. The average Bonchev–Trinajstić information content (AvgIpc) is 2.88. The molecule has 0 saturated heterocycles. The normalized spacial score (nSPS) is 23.2. The van der Waals surface area contributed by atoms with Crippen LogP contribution in [0.2, 0.25) is 0 Å². The molecule has 0 spiro atoms. The molecular formula is C11H18N4O. The first-order valence-electron chi connectivity index (χ1n) is 5.61. The number of hydrogen-bond acceptors (Lipinski definition) is 5. The second-order valence-electron chi connectivity index (χ2n) is 4.57. The van der Waals surface area contributed by atoms with Crippen LogP contribution in [0.25, 0.3) is 0 Å². The number of nitrogens with one attached hydrogen (secondary N) is 1. The molecule has 2 unspecified atom stereocenters. The van der Waals surface area contributed by atoms with Crippen molar-refractivity contribution < 1.29 is 4.74 Å². The number of rotatable bonds is 4. The summed E-state index contributed by atoms with van der Waals surface area (Å²) in [5, 5.41) is 3.29. The van der Waals surface area contributed by atoms with Crippen LogP contribution in [0.5, 0.6) is 5.88 Å². The summed E-state index contributed by atoms with van der Waals surface area (Å²) in [6, 6.07) is 0.490. The van der Waals surface area contributed by atoms with E-state index < -0.39 is 0 Å². The average molecular weight is 222 g/mol. The van der Waals surface area contributed by atoms with E-state index in [0.29, 0.717) is 29.3 Å². The molecule has 16 heavy (non-hydrogen) atoms. The van der Waals surface area contributed by atoms with Gasteiger partial charge in [0.25, 0.3) is 0 Å². The van der Waals surface area contributed by atoms with Gasteiger partial charge in [-0.2, -0.15) is 4.98 Å². The van der Waals surface area contributed by atoms with E-state index in [1.165, 1.54) is 12.7 Å². The van der Waals surface area contributed by atoms with Crippen molar-refractivity contribution in [2.45, 2.75) is 39.3 Å². The minimum atomic E-state index is 0.0601. The Labute approximate surface area is 95.4 Å². The van der Waals surface area contributed by atoms with E-state index in [1.807, 2.05) is 13.8 Å². The maximum atomic E-state index is 5.94. The van der Waals surface area contributed by atoms with Crippen LogP contribution in [0.1, 0.15) is 27.2 Å². The van der Waals surface area contributed by atoms with E-state index in [1.54, 1.807) is 0 Å². The van der Waals surface area contributed by atoms with Crippen molar-refractivity contribution in [2.24, 2.45) is 5.92 Å². The molecule has 1 aromatic rings. The molecule has 0 aliphatic heterocycles. The van der Waals surface area contributed by atoms with Crippen molar-refractivity contribution in [3.05, 3.63) is 6.33 Å². The Morgan fingerprint density at radius 1 is 1.50 bits per heavy atom. The maximum Gasteiger partial charge on any atom is 0.242 e. The van der Waals surface area contributed by atoms with E-state index in [0.717, 1.165) is 0 Å². The van der Waals surface area contributed by atoms with Crippen LogP contribution in [-0.2, 0) is 0 Å². The molecule has 1 fully saturated rings. The molecule has 2 atom stereocenters. The van der Waals surface area contributed by atoms with Crippen molar-refractivity contribution in [1.82, 2.24) is 9.97 Å². The lowest BCUT2D eigenvalue weighted by molar-refractivity contribution is 0.234. The third-order valence-corrected chi connectivity index (χ3v) is 2.63. The standard InChI is InChI=1S/C11H18N4O/c1-6(2)16-11-9(12)10(13-5-14-11)15-8-4-7(8)3/h5-8H,4,12H2,1-3H3,(H,13,14,15). The predicted molar refractivity (Wildman–Crippen MR) is 63.4 cm³/mol. The van der Waals surface area contributed by atoms with E-state index in [2.05, 4.69) is 22.2 Å². The smallest absolute Gasteiger partial charge is 0.242 e. The number of ether oxygens (including phenoxy) is 1. The van der Waals surface area contributed by atoms with Crippen LogP contribution in [0.3, 0.4) is 0 Å². The van der Waals surface area contributed by atoms with Gasteiger partial charge in [-0.1, -0.05) is 6.92 Å². The summed E-state index contributed by atoms with van der Waals surface area (Å²) >= 11 is 0. The van der Waals surface area contributed by atoms with E-state index in [9.17, 15) is 0 Å². The molecule has 1 saturated carbocycles. The number of nitrogens with two attached hydrogens (primary N) is 1. The summed E-state index contributed by atoms with van der Waals surface area (Å²) in [7, 11) is 0. The first-order chi connectivity index (χ1) is 7.58. The van der Waals surface area contributed by atoms with E-state index >= 15 is 0 Å². The van der Waals surface area contributed by atoms with Gasteiger partial charge in [-0.3, -0.25) is 0 Å². The fraction of sp³-hybridized carbons (Fsp3) is 0.636. The van der Waals surface area contributed by atoms with Crippen molar-refractivity contribution >= 4 is 11.5 Å². The van der Waals surface area contributed by atoms with Gasteiger partial charge in [0.2, 0.25) is 5.88 Å². The van der Waals surface area contributed by atoms with Crippen molar-refractivity contribution in [2.75, 3.05) is 11.1 Å². The largest absolute Gasteiger partial charge is 0.473 e. The highest BCUT2D eigenvalue weighted by Crippen LogP contribution is 2.35. The van der Waals surface area contributed by atoms with Crippen LogP contribution in [0.4, 0.5) is 11.5 Å². The first kappa shape index (κ1) is 11.0. The van der Waals surface area contributed by atoms with Crippen LogP contribution >= 0.6 is 0 Å². The van der Waals surface area contributed by atoms with Gasteiger partial charge in [0.05, 0.1) is 6.10 Å². The summed E-state index contributed by atoms with van der Waals surface area (Å²) in [4.78, 5) is 8.16. The lowest BCUT2D eigenvalue weighted by Gasteiger charge is -2.13. The molecule has 2 rings (SSSR count). The number of anilines is 2. The summed E-state index contributed by atoms with van der Waals surface area (Å²) in [6.45, 7) is 6.08. The second kappa shape index (κ2) is 4.15. The monoisotopic (exact) mass is 222 g/mol. The van der Waals surface area contributed by atoms with Crippen molar-refractivity contribution in [1.29, 1.82) is 0 Å². The van der Waals surface area contributed by atoms with E-state index in [4.69, 9.17) is 10.5 Å². The van der Waals surface area contributed by atoms with Gasteiger partial charge in [0.15, 0.2) is 5.82 Å². The van der Waals surface area contributed by atoms with Crippen LogP contribution in [-0.4, -0.2) is 22.1 Å². The summed E-state index contributed by atoms with van der Waals surface area (Å²) in [5.74, 6) is 1.84. The zero-order valence-corrected chi connectivity index (χ0v) is 9.90. The van der Waals surface area contributed by atoms with Gasteiger partial charge >= 0.3 is 0 Å². The Morgan fingerprint density at radius 3 is 2.75 bits per heavy atom. The van der Waals surface area contributed by atoms with Crippen molar-refractivity contribution in [3.63, 3.8) is 0 Å². The molecule has 5 nitrogen and oxygen atoms in total. The number of nitrogens with zero attached hydrogens (tertiary/aromatic N) is 2. The molecule has 3 N–H and O–H groups in total. The third-order valence-electron chi connectivity index (χ3n) is 2.63. The summed E-state index contributed by atoms with van der Waals surface area (Å²) in [6.07, 6.45) is 2.71. The fourth-order valence-electron chi connectivity index (χ4n) is 1.51. The zero-order valence-electron chi connectivity index (χ0n) is 9.90. The van der Waals surface area contributed by atoms with Gasteiger partial charge in [0.1, 0.15) is 12.0 Å². The first-order valence-corrected chi connectivity index (χ1v) is 5.61. The van der Waals surface area contributed by atoms with Crippen LogP contribution < -0.4 is 15.8 Å². The highest BCUT2D eigenvalue weighted by atomic mass is 16.5. The SMILES string of the molecule is CC(C)Oc1ncnc(NC2CC2C)c1N. The van der Waals surface area contributed by atoms with Crippen LogP contribution in [0.15, 0.2) is 6.33 Å². The number of nitrogen functional groups attached to an aromatic ring is 1. The molecule has 1 aliphatic rings. The minimum absolute atomic E-state index is 0.0601. The lowest BCUT2D eigenvalue weighted by atomic mass is 10.4. The molecule has 0 bridgehead atoms. The number of aromatic nitrogens is 2. The van der Waals surface area contributed by atoms with Gasteiger partial charge < -0.3 is 15.8 Å². The number of hydrogen-bond donors (Lipinski definition) is 2. The summed E-state index contributed by atoms with van der Waals surface area (Å²) in [5.41, 5.74) is 6.44. The third kappa shape index (κ3) is 2.35. The zero-order chi connectivity index (χ0) is 11.7. The van der Waals surface area contributed by atoms with Gasteiger partial charge in [-0.05, 0) is 26.2 Å². The Balaban J connectivity index is 2.12. The molecule has 0 aromatic carbocycles. The fourth-order valence-corrected chi connectivity index (χ4v) is 1.51. The second-order valence-corrected chi connectivity index (χ2v) is 4.57. The van der Waals surface area contributed by atoms with Gasteiger partial charge in [-0.25, -0.2) is 4.98 Å². The maximum absolute atomic E-state index is 5.94. The Hall–Kier alpha value is -1.52. The quantitative estimate of drug-likeness (QED) is 0.810. The molecule has 1 aromatic heterocycles. The van der Waals surface area contributed by atoms with E-state index in [-0.39, 0.29) is 6.10 Å². The molecule has 1 aliphatic carbocycles.